The van der Waals surface area contributed by atoms with Crippen LogP contribution in [-0.4, -0.2) is 26.1 Å². The van der Waals surface area contributed by atoms with Crippen molar-refractivity contribution in [2.75, 3.05) is 11.3 Å². The zero-order chi connectivity index (χ0) is 18.6. The number of carboxylic acid groups (broad SMARTS) is 1. The monoisotopic (exact) mass is 367 g/mol. The van der Waals surface area contributed by atoms with Gasteiger partial charge in [-0.1, -0.05) is 25.1 Å². The molecule has 2 rings (SSSR count). The second-order valence-corrected chi connectivity index (χ2v) is 6.75. The van der Waals surface area contributed by atoms with Gasteiger partial charge in [-0.15, -0.1) is 0 Å². The molecule has 2 N–H and O–H groups in total. The van der Waals surface area contributed by atoms with Crippen molar-refractivity contribution in [3.63, 3.8) is 0 Å². The number of benzene rings is 2. The average molecular weight is 367 g/mol. The first-order valence-corrected chi connectivity index (χ1v) is 9.09. The van der Waals surface area contributed by atoms with Crippen LogP contribution in [0.2, 0.25) is 0 Å². The summed E-state index contributed by atoms with van der Waals surface area (Å²) < 4.78 is 46.2. The maximum atomic E-state index is 13.8. The molecular weight excluding hydrogens is 349 g/mol. The van der Waals surface area contributed by atoms with Gasteiger partial charge in [0.15, 0.2) is 0 Å². The first-order valence-electron chi connectivity index (χ1n) is 7.61. The van der Waals surface area contributed by atoms with Gasteiger partial charge in [0.25, 0.3) is 10.0 Å². The molecule has 2 aromatic rings. The van der Waals surface area contributed by atoms with Gasteiger partial charge >= 0.3 is 5.97 Å². The van der Waals surface area contributed by atoms with E-state index in [4.69, 9.17) is 4.74 Å². The fraction of sp³-hybridized carbons (Fsp3) is 0.235. The lowest BCUT2D eigenvalue weighted by Crippen LogP contribution is -2.18. The summed E-state index contributed by atoms with van der Waals surface area (Å²) >= 11 is 0. The minimum absolute atomic E-state index is 0.103. The van der Waals surface area contributed by atoms with Crippen LogP contribution in [0.1, 0.15) is 29.8 Å². The first-order chi connectivity index (χ1) is 11.8. The van der Waals surface area contributed by atoms with Crippen molar-refractivity contribution < 1.29 is 27.4 Å². The molecular formula is C17H18FNO5S. The highest BCUT2D eigenvalue weighted by Crippen LogP contribution is 2.33. The second kappa shape index (κ2) is 7.52. The van der Waals surface area contributed by atoms with E-state index in [1.807, 2.05) is 6.92 Å². The van der Waals surface area contributed by atoms with Crippen molar-refractivity contribution in [2.45, 2.75) is 25.2 Å². The average Bonchev–Trinajstić information content (AvgIpc) is 2.55. The number of sulfonamides is 1. The van der Waals surface area contributed by atoms with Crippen LogP contribution in [0.15, 0.2) is 41.3 Å². The molecule has 134 valence electrons. The predicted octanol–water partition coefficient (Wildman–Crippen LogP) is 3.29. The predicted molar refractivity (Wildman–Crippen MR) is 91.2 cm³/mol. The van der Waals surface area contributed by atoms with E-state index in [9.17, 15) is 22.7 Å². The van der Waals surface area contributed by atoms with E-state index >= 15 is 0 Å². The molecule has 0 bridgehead atoms. The molecule has 0 saturated heterocycles. The van der Waals surface area contributed by atoms with Crippen molar-refractivity contribution >= 4 is 21.7 Å². The number of carbonyl (C=O) groups is 1. The summed E-state index contributed by atoms with van der Waals surface area (Å²) in [6, 6.07) is 7.77. The lowest BCUT2D eigenvalue weighted by molar-refractivity contribution is 0.0693. The fourth-order valence-electron chi connectivity index (χ4n) is 2.37. The van der Waals surface area contributed by atoms with Crippen LogP contribution in [0.5, 0.6) is 5.75 Å². The molecule has 25 heavy (non-hydrogen) atoms. The van der Waals surface area contributed by atoms with Gasteiger partial charge in [-0.2, -0.15) is 0 Å². The van der Waals surface area contributed by atoms with Gasteiger partial charge in [-0.25, -0.2) is 17.6 Å². The van der Waals surface area contributed by atoms with Crippen molar-refractivity contribution in [1.82, 2.24) is 0 Å². The molecule has 0 amide bonds. The molecule has 2 aromatic carbocycles. The number of carboxylic acids is 1. The number of aromatic carboxylic acids is 1. The number of nitrogens with one attached hydrogen (secondary N) is 1. The number of hydrogen-bond donors (Lipinski definition) is 2. The molecule has 0 aliphatic heterocycles. The molecule has 0 aliphatic carbocycles. The highest BCUT2D eigenvalue weighted by Gasteiger charge is 2.25. The SMILES string of the molecule is CCOc1c(CC)ccc(NS(=O)(=O)c2ccccc2F)c1C(=O)O. The summed E-state index contributed by atoms with van der Waals surface area (Å²) in [5, 5.41) is 9.53. The van der Waals surface area contributed by atoms with E-state index in [1.165, 1.54) is 18.2 Å². The molecule has 8 heteroatoms. The van der Waals surface area contributed by atoms with Crippen molar-refractivity contribution in [1.29, 1.82) is 0 Å². The van der Waals surface area contributed by atoms with E-state index < -0.39 is 26.7 Å². The van der Waals surface area contributed by atoms with Crippen LogP contribution < -0.4 is 9.46 Å². The van der Waals surface area contributed by atoms with Crippen LogP contribution in [0.4, 0.5) is 10.1 Å². The Kier molecular flexibility index (Phi) is 5.63. The number of ether oxygens (including phenoxy) is 1. The van der Waals surface area contributed by atoms with Crippen LogP contribution in [0.25, 0.3) is 0 Å². The molecule has 0 heterocycles. The number of anilines is 1. The summed E-state index contributed by atoms with van der Waals surface area (Å²) in [5.41, 5.74) is 0.144. The zero-order valence-corrected chi connectivity index (χ0v) is 14.6. The molecule has 0 spiro atoms. The van der Waals surface area contributed by atoms with E-state index in [2.05, 4.69) is 4.72 Å². The zero-order valence-electron chi connectivity index (χ0n) is 13.7. The van der Waals surface area contributed by atoms with Gasteiger partial charge in [0.1, 0.15) is 22.0 Å². The molecule has 6 nitrogen and oxygen atoms in total. The Bertz CT molecular complexity index is 896. The Morgan fingerprint density at radius 2 is 1.88 bits per heavy atom. The quantitative estimate of drug-likeness (QED) is 0.783. The third-order valence-corrected chi connectivity index (χ3v) is 4.89. The van der Waals surface area contributed by atoms with Crippen LogP contribution in [-0.2, 0) is 16.4 Å². The fourth-order valence-corrected chi connectivity index (χ4v) is 3.53. The normalized spacial score (nSPS) is 11.2. The highest BCUT2D eigenvalue weighted by molar-refractivity contribution is 7.92. The smallest absolute Gasteiger partial charge is 0.341 e. The first kappa shape index (κ1) is 18.7. The van der Waals surface area contributed by atoms with E-state index in [0.717, 1.165) is 12.1 Å². The van der Waals surface area contributed by atoms with Crippen molar-refractivity contribution in [3.05, 3.63) is 53.3 Å². The Hall–Kier alpha value is -2.61. The van der Waals surface area contributed by atoms with Gasteiger partial charge in [0, 0.05) is 0 Å². The summed E-state index contributed by atoms with van der Waals surface area (Å²) in [6.07, 6.45) is 0.510. The number of aryl methyl sites for hydroxylation is 1. The maximum absolute atomic E-state index is 13.8. The molecule has 0 aliphatic rings. The third kappa shape index (κ3) is 3.90. The van der Waals surface area contributed by atoms with E-state index in [1.54, 1.807) is 13.0 Å². The number of hydrogen-bond acceptors (Lipinski definition) is 4. The Labute approximate surface area is 145 Å². The lowest BCUT2D eigenvalue weighted by atomic mass is 10.0. The summed E-state index contributed by atoms with van der Waals surface area (Å²) in [7, 11) is -4.30. The van der Waals surface area contributed by atoms with Crippen molar-refractivity contribution in [2.24, 2.45) is 0 Å². The second-order valence-electron chi connectivity index (χ2n) is 5.10. The van der Waals surface area contributed by atoms with Crippen LogP contribution in [0.3, 0.4) is 0 Å². The molecule has 0 atom stereocenters. The van der Waals surface area contributed by atoms with Gasteiger partial charge in [-0.3, -0.25) is 4.72 Å². The highest BCUT2D eigenvalue weighted by atomic mass is 32.2. The maximum Gasteiger partial charge on any atom is 0.341 e. The summed E-state index contributed by atoms with van der Waals surface area (Å²) in [6.45, 7) is 3.74. The molecule has 0 fully saturated rings. The largest absolute Gasteiger partial charge is 0.493 e. The van der Waals surface area contributed by atoms with Gasteiger partial charge in [0.05, 0.1) is 12.3 Å². The third-order valence-electron chi connectivity index (χ3n) is 3.49. The van der Waals surface area contributed by atoms with Crippen LogP contribution >= 0.6 is 0 Å². The van der Waals surface area contributed by atoms with Gasteiger partial charge in [0.2, 0.25) is 0 Å². The number of rotatable bonds is 7. The molecule has 0 aromatic heterocycles. The standard InChI is InChI=1S/C17H18FNO5S/c1-3-11-9-10-13(15(17(20)21)16(11)24-4-2)19-25(22,23)14-8-6-5-7-12(14)18/h5-10,19H,3-4H2,1-2H3,(H,20,21). The molecule has 0 unspecified atom stereocenters. The summed E-state index contributed by atoms with van der Waals surface area (Å²) in [4.78, 5) is 11.1. The van der Waals surface area contributed by atoms with E-state index in [0.29, 0.717) is 12.0 Å². The molecule has 0 saturated carbocycles. The van der Waals surface area contributed by atoms with Crippen LogP contribution in [0, 0.1) is 5.82 Å². The molecule has 0 radical (unpaired) electrons. The minimum atomic E-state index is -4.30. The van der Waals surface area contributed by atoms with E-state index in [-0.39, 0.29) is 23.6 Å². The van der Waals surface area contributed by atoms with Crippen molar-refractivity contribution in [3.8, 4) is 5.75 Å². The topological polar surface area (TPSA) is 92.7 Å². The Balaban J connectivity index is 2.58. The van der Waals surface area contributed by atoms with Gasteiger partial charge in [-0.05, 0) is 37.1 Å². The Morgan fingerprint density at radius 1 is 1.20 bits per heavy atom. The number of halogens is 1. The summed E-state index contributed by atoms with van der Waals surface area (Å²) in [5.74, 6) is -2.17. The minimum Gasteiger partial charge on any atom is -0.493 e. The van der Waals surface area contributed by atoms with Gasteiger partial charge < -0.3 is 9.84 Å². The lowest BCUT2D eigenvalue weighted by Gasteiger charge is -2.17. The Morgan fingerprint density at radius 3 is 2.44 bits per heavy atom.